The fourth-order valence-electron chi connectivity index (χ4n) is 2.74. The predicted octanol–water partition coefficient (Wildman–Crippen LogP) is 2.75. The van der Waals surface area contributed by atoms with Gasteiger partial charge in [0.15, 0.2) is 0 Å². The Labute approximate surface area is 149 Å². The minimum Gasteiger partial charge on any atom is -0.445 e. The van der Waals surface area contributed by atoms with E-state index in [-0.39, 0.29) is 23.6 Å². The number of nitro benzene ring substituents is 1. The molecule has 0 aliphatic carbocycles. The van der Waals surface area contributed by atoms with Crippen molar-refractivity contribution in [2.24, 2.45) is 4.99 Å². The number of nitrogens with zero attached hydrogens (tertiary/aromatic N) is 3. The average molecular weight is 367 g/mol. The lowest BCUT2D eigenvalue weighted by atomic mass is 10.2. The Hall–Kier alpha value is -1.74. The Morgan fingerprint density at radius 3 is 2.83 bits per heavy atom. The van der Waals surface area contributed by atoms with E-state index in [1.54, 1.807) is 28.8 Å². The quantitative estimate of drug-likeness (QED) is 0.502. The van der Waals surface area contributed by atoms with Gasteiger partial charge in [-0.25, -0.2) is 4.79 Å². The number of carbonyl (C=O) groups is 1. The van der Waals surface area contributed by atoms with E-state index < -0.39 is 11.0 Å². The number of thiol groups is 1. The van der Waals surface area contributed by atoms with Gasteiger partial charge < -0.3 is 4.74 Å². The molecule has 0 saturated carbocycles. The normalized spacial score (nSPS) is 23.2. The van der Waals surface area contributed by atoms with E-state index in [2.05, 4.69) is 17.6 Å². The second kappa shape index (κ2) is 7.43. The summed E-state index contributed by atoms with van der Waals surface area (Å²) < 4.78 is 5.37. The first-order chi connectivity index (χ1) is 11.5. The molecule has 7 nitrogen and oxygen atoms in total. The molecule has 3 rings (SSSR count). The molecule has 0 bridgehead atoms. The van der Waals surface area contributed by atoms with E-state index in [4.69, 9.17) is 4.74 Å². The highest BCUT2D eigenvalue weighted by atomic mass is 32.2. The van der Waals surface area contributed by atoms with Crippen molar-refractivity contribution in [1.82, 2.24) is 4.90 Å². The van der Waals surface area contributed by atoms with Crippen LogP contribution in [-0.2, 0) is 11.3 Å². The number of nitro groups is 1. The van der Waals surface area contributed by atoms with Gasteiger partial charge in [0.25, 0.3) is 5.69 Å². The molecule has 0 N–H and O–H groups in total. The van der Waals surface area contributed by atoms with Gasteiger partial charge in [0.05, 0.1) is 16.0 Å². The van der Waals surface area contributed by atoms with Crippen LogP contribution in [0.3, 0.4) is 0 Å². The molecule has 1 aromatic carbocycles. The van der Waals surface area contributed by atoms with Gasteiger partial charge in [-0.3, -0.25) is 20.0 Å². The predicted molar refractivity (Wildman–Crippen MR) is 95.9 cm³/mol. The molecule has 24 heavy (non-hydrogen) atoms. The second-order valence-corrected chi connectivity index (χ2v) is 7.45. The monoisotopic (exact) mass is 367 g/mol. The fraction of sp³-hybridized carbons (Fsp3) is 0.467. The van der Waals surface area contributed by atoms with Crippen molar-refractivity contribution in [2.45, 2.75) is 24.3 Å². The molecule has 0 unspecified atom stereocenters. The van der Waals surface area contributed by atoms with Crippen molar-refractivity contribution in [2.75, 3.05) is 18.8 Å². The van der Waals surface area contributed by atoms with Gasteiger partial charge >= 0.3 is 6.09 Å². The summed E-state index contributed by atoms with van der Waals surface area (Å²) in [5.41, 5.74) is 0.721. The molecule has 2 atom stereocenters. The lowest BCUT2D eigenvalue weighted by Crippen LogP contribution is -2.39. The smallest absolute Gasteiger partial charge is 0.410 e. The van der Waals surface area contributed by atoms with E-state index in [1.807, 2.05) is 0 Å². The van der Waals surface area contributed by atoms with Crippen LogP contribution in [0, 0.1) is 10.1 Å². The Bertz CT molecular complexity index is 665. The number of benzene rings is 1. The van der Waals surface area contributed by atoms with Crippen molar-refractivity contribution in [3.63, 3.8) is 0 Å². The minimum atomic E-state index is -0.461. The van der Waals surface area contributed by atoms with Crippen molar-refractivity contribution in [1.29, 1.82) is 0 Å². The number of non-ortho nitro benzene ring substituents is 1. The first kappa shape index (κ1) is 17.1. The van der Waals surface area contributed by atoms with Crippen molar-refractivity contribution in [3.05, 3.63) is 39.9 Å². The van der Waals surface area contributed by atoms with Crippen LogP contribution < -0.4 is 0 Å². The molecule has 2 aliphatic rings. The highest BCUT2D eigenvalue weighted by molar-refractivity contribution is 8.14. The fourth-order valence-corrected chi connectivity index (χ4v) is 4.11. The van der Waals surface area contributed by atoms with Crippen LogP contribution in [-0.4, -0.2) is 51.1 Å². The van der Waals surface area contributed by atoms with Crippen LogP contribution in [0.2, 0.25) is 0 Å². The number of rotatable bonds is 4. The van der Waals surface area contributed by atoms with E-state index in [9.17, 15) is 14.9 Å². The molecule has 0 radical (unpaired) electrons. The van der Waals surface area contributed by atoms with E-state index in [0.717, 1.165) is 23.8 Å². The zero-order chi connectivity index (χ0) is 17.1. The number of likely N-dealkylation sites (tertiary alicyclic amines) is 1. The number of hydrogen-bond donors (Lipinski definition) is 1. The number of aliphatic imine (C=N–C) groups is 1. The summed E-state index contributed by atoms with van der Waals surface area (Å²) in [4.78, 5) is 28.7. The molecule has 1 aromatic rings. The van der Waals surface area contributed by atoms with Gasteiger partial charge in [0.2, 0.25) is 0 Å². The lowest BCUT2D eigenvalue weighted by molar-refractivity contribution is -0.384. The highest BCUT2D eigenvalue weighted by Crippen LogP contribution is 2.29. The third-order valence-corrected chi connectivity index (χ3v) is 5.37. The second-order valence-electron chi connectivity index (χ2n) is 5.60. The van der Waals surface area contributed by atoms with Crippen LogP contribution in [0.25, 0.3) is 0 Å². The maximum Gasteiger partial charge on any atom is 0.410 e. The van der Waals surface area contributed by atoms with Gasteiger partial charge in [-0.2, -0.15) is 12.6 Å². The summed E-state index contributed by atoms with van der Waals surface area (Å²) in [7, 11) is 0. The van der Waals surface area contributed by atoms with E-state index in [0.29, 0.717) is 12.1 Å². The Morgan fingerprint density at radius 1 is 1.46 bits per heavy atom. The van der Waals surface area contributed by atoms with E-state index in [1.165, 1.54) is 12.1 Å². The maximum atomic E-state index is 12.4. The Kier molecular flexibility index (Phi) is 5.30. The third kappa shape index (κ3) is 3.84. The standard InChI is InChI=1S/C15H17N3O4S2/c19-15(22-9-10-1-3-11(4-2-10)18(20)21)17-8-12(23)7-13(17)14-16-5-6-24-14/h1-4,12-13,23H,5-9H2/t12-,13-/m0/s1. The number of amides is 1. The van der Waals surface area contributed by atoms with Crippen LogP contribution in [0.1, 0.15) is 12.0 Å². The minimum absolute atomic E-state index is 0.0128. The van der Waals surface area contributed by atoms with Crippen LogP contribution in [0.4, 0.5) is 10.5 Å². The summed E-state index contributed by atoms with van der Waals surface area (Å²) >= 11 is 6.17. The maximum absolute atomic E-state index is 12.4. The topological polar surface area (TPSA) is 85.0 Å². The molecule has 0 aromatic heterocycles. The van der Waals surface area contributed by atoms with Gasteiger partial charge in [-0.05, 0) is 24.1 Å². The van der Waals surface area contributed by atoms with Gasteiger partial charge in [-0.1, -0.05) is 0 Å². The van der Waals surface area contributed by atoms with Crippen molar-refractivity contribution < 1.29 is 14.5 Å². The molecule has 2 aliphatic heterocycles. The van der Waals surface area contributed by atoms with E-state index >= 15 is 0 Å². The molecular formula is C15H17N3O4S2. The molecular weight excluding hydrogens is 350 g/mol. The van der Waals surface area contributed by atoms with Gasteiger partial charge in [-0.15, -0.1) is 11.8 Å². The van der Waals surface area contributed by atoms with Crippen molar-refractivity contribution >= 4 is 41.2 Å². The lowest BCUT2D eigenvalue weighted by Gasteiger charge is -2.23. The largest absolute Gasteiger partial charge is 0.445 e. The Morgan fingerprint density at radius 2 is 2.21 bits per heavy atom. The first-order valence-corrected chi connectivity index (χ1v) is 9.06. The molecule has 1 fully saturated rings. The molecule has 128 valence electrons. The van der Waals surface area contributed by atoms with Crippen molar-refractivity contribution in [3.8, 4) is 0 Å². The molecule has 2 heterocycles. The van der Waals surface area contributed by atoms with Gasteiger partial charge in [0, 0.05) is 36.2 Å². The van der Waals surface area contributed by atoms with Crippen LogP contribution in [0.15, 0.2) is 29.3 Å². The number of carbonyl (C=O) groups excluding carboxylic acids is 1. The SMILES string of the molecule is O=C(OCc1ccc([N+](=O)[O-])cc1)N1C[C@@H](S)C[C@H]1C1=NCCS1. The highest BCUT2D eigenvalue weighted by Gasteiger charge is 2.38. The van der Waals surface area contributed by atoms with Gasteiger partial charge in [0.1, 0.15) is 6.61 Å². The van der Waals surface area contributed by atoms with Crippen LogP contribution >= 0.6 is 24.4 Å². The zero-order valence-corrected chi connectivity index (χ0v) is 14.5. The number of thioether (sulfide) groups is 1. The summed E-state index contributed by atoms with van der Waals surface area (Å²) in [6.07, 6.45) is 0.381. The number of hydrogen-bond acceptors (Lipinski definition) is 7. The van der Waals surface area contributed by atoms with Crippen LogP contribution in [0.5, 0.6) is 0 Å². The molecule has 9 heteroatoms. The first-order valence-electron chi connectivity index (χ1n) is 7.56. The molecule has 0 spiro atoms. The summed E-state index contributed by atoms with van der Waals surface area (Å²) in [5.74, 6) is 0.953. The molecule has 1 amide bonds. The average Bonchev–Trinajstić information content (AvgIpc) is 3.22. The summed E-state index contributed by atoms with van der Waals surface area (Å²) in [6.45, 7) is 1.41. The Balaban J connectivity index is 1.60. The number of ether oxygens (including phenoxy) is 1. The zero-order valence-electron chi connectivity index (χ0n) is 12.8. The summed E-state index contributed by atoms with van der Waals surface area (Å²) in [5, 5.41) is 11.7. The molecule has 1 saturated heterocycles. The third-order valence-electron chi connectivity index (χ3n) is 3.92. The summed E-state index contributed by atoms with van der Waals surface area (Å²) in [6, 6.07) is 5.92.